The minimum atomic E-state index is 0.0668. The van der Waals surface area contributed by atoms with Crippen LogP contribution in [0, 0.1) is 0 Å². The molecule has 1 saturated heterocycles. The fraction of sp³-hybridized carbons (Fsp3) is 0.562. The maximum Gasteiger partial charge on any atom is 0.159 e. The molecule has 0 saturated carbocycles. The molecule has 1 fully saturated rings. The van der Waals surface area contributed by atoms with E-state index in [0.29, 0.717) is 18.2 Å². The van der Waals surface area contributed by atoms with Crippen molar-refractivity contribution in [3.63, 3.8) is 0 Å². The lowest BCUT2D eigenvalue weighted by molar-refractivity contribution is 0.0161. The molecule has 0 radical (unpaired) electrons. The number of hydrogen-bond donors (Lipinski definition) is 0. The molecular weight excluding hydrogens is 254 g/mol. The number of hydrogen-bond acceptors (Lipinski definition) is 4. The molecule has 2 rings (SSSR count). The molecule has 0 spiro atoms. The van der Waals surface area contributed by atoms with E-state index in [1.165, 1.54) is 0 Å². The number of carbonyl (C=O) groups excluding carboxylic acids is 1. The zero-order valence-electron chi connectivity index (χ0n) is 12.3. The lowest BCUT2D eigenvalue weighted by Crippen LogP contribution is -2.42. The van der Waals surface area contributed by atoms with Crippen LogP contribution in [0.1, 0.15) is 30.6 Å². The van der Waals surface area contributed by atoms with Crippen LogP contribution in [-0.4, -0.2) is 49.6 Å². The molecule has 1 aliphatic heterocycles. The maximum absolute atomic E-state index is 11.3. The second kappa shape index (κ2) is 7.41. The van der Waals surface area contributed by atoms with Gasteiger partial charge in [0.25, 0.3) is 0 Å². The van der Waals surface area contributed by atoms with E-state index in [1.807, 2.05) is 24.3 Å². The Balaban J connectivity index is 1.77. The van der Waals surface area contributed by atoms with Gasteiger partial charge in [0, 0.05) is 24.7 Å². The van der Waals surface area contributed by atoms with E-state index in [9.17, 15) is 4.79 Å². The van der Waals surface area contributed by atoms with Crippen LogP contribution in [-0.2, 0) is 4.74 Å². The van der Waals surface area contributed by atoms with Gasteiger partial charge in [0.15, 0.2) is 5.78 Å². The van der Waals surface area contributed by atoms with Crippen molar-refractivity contribution in [2.45, 2.75) is 26.3 Å². The molecule has 1 aromatic rings. The molecule has 1 aromatic carbocycles. The Kier molecular flexibility index (Phi) is 5.56. The summed E-state index contributed by atoms with van der Waals surface area (Å²) >= 11 is 0. The van der Waals surface area contributed by atoms with E-state index in [-0.39, 0.29) is 5.78 Å². The molecule has 4 nitrogen and oxygen atoms in total. The van der Waals surface area contributed by atoms with Crippen LogP contribution in [0.4, 0.5) is 0 Å². The lowest BCUT2D eigenvalue weighted by atomic mass is 10.1. The molecule has 1 atom stereocenters. The Morgan fingerprint density at radius 1 is 1.40 bits per heavy atom. The highest BCUT2D eigenvalue weighted by atomic mass is 16.5. The SMILES string of the molecule is CC(=O)c1cccc(OCCC(C)N2CCOCC2)c1. The van der Waals surface area contributed by atoms with Crippen molar-refractivity contribution in [1.29, 1.82) is 0 Å². The van der Waals surface area contributed by atoms with Gasteiger partial charge in [0.2, 0.25) is 0 Å². The molecule has 1 unspecified atom stereocenters. The van der Waals surface area contributed by atoms with E-state index in [2.05, 4.69) is 11.8 Å². The molecule has 1 aliphatic rings. The lowest BCUT2D eigenvalue weighted by Gasteiger charge is -2.32. The second-order valence-corrected chi connectivity index (χ2v) is 5.22. The largest absolute Gasteiger partial charge is 0.494 e. The molecule has 1 heterocycles. The number of nitrogens with zero attached hydrogens (tertiary/aromatic N) is 1. The number of benzene rings is 1. The van der Waals surface area contributed by atoms with Crippen LogP contribution >= 0.6 is 0 Å². The summed E-state index contributed by atoms with van der Waals surface area (Å²) in [6, 6.07) is 7.87. The summed E-state index contributed by atoms with van der Waals surface area (Å²) in [5.74, 6) is 0.837. The predicted octanol–water partition coefficient (Wildman–Crippen LogP) is 2.38. The van der Waals surface area contributed by atoms with E-state index in [0.717, 1.165) is 38.5 Å². The van der Waals surface area contributed by atoms with Gasteiger partial charge in [-0.2, -0.15) is 0 Å². The average Bonchev–Trinajstić information content (AvgIpc) is 2.48. The number of Topliss-reactive ketones (excluding diaryl/α,β-unsaturated/α-hetero) is 1. The molecular formula is C16H23NO3. The first-order valence-corrected chi connectivity index (χ1v) is 7.22. The van der Waals surface area contributed by atoms with Gasteiger partial charge in [-0.1, -0.05) is 12.1 Å². The van der Waals surface area contributed by atoms with Gasteiger partial charge in [-0.25, -0.2) is 0 Å². The third-order valence-electron chi connectivity index (χ3n) is 3.71. The van der Waals surface area contributed by atoms with Gasteiger partial charge in [-0.05, 0) is 32.4 Å². The highest BCUT2D eigenvalue weighted by Gasteiger charge is 2.16. The van der Waals surface area contributed by atoms with Gasteiger partial charge in [-0.15, -0.1) is 0 Å². The second-order valence-electron chi connectivity index (χ2n) is 5.22. The normalized spacial score (nSPS) is 17.7. The van der Waals surface area contributed by atoms with Gasteiger partial charge in [0.05, 0.1) is 19.8 Å². The third kappa shape index (κ3) is 4.32. The summed E-state index contributed by atoms with van der Waals surface area (Å²) in [6.45, 7) is 8.11. The minimum Gasteiger partial charge on any atom is -0.494 e. The minimum absolute atomic E-state index is 0.0668. The smallest absolute Gasteiger partial charge is 0.159 e. The predicted molar refractivity (Wildman–Crippen MR) is 78.4 cm³/mol. The number of ether oxygens (including phenoxy) is 2. The Hall–Kier alpha value is -1.39. The number of rotatable bonds is 6. The van der Waals surface area contributed by atoms with Crippen molar-refractivity contribution < 1.29 is 14.3 Å². The van der Waals surface area contributed by atoms with Crippen LogP contribution in [0.5, 0.6) is 5.75 Å². The van der Waals surface area contributed by atoms with Crippen molar-refractivity contribution in [2.24, 2.45) is 0 Å². The zero-order valence-corrected chi connectivity index (χ0v) is 12.3. The molecule has 0 bridgehead atoms. The monoisotopic (exact) mass is 277 g/mol. The summed E-state index contributed by atoms with van der Waals surface area (Å²) in [7, 11) is 0. The molecule has 0 aliphatic carbocycles. The van der Waals surface area contributed by atoms with Gasteiger partial charge in [-0.3, -0.25) is 9.69 Å². The molecule has 110 valence electrons. The summed E-state index contributed by atoms with van der Waals surface area (Å²) in [5.41, 5.74) is 0.698. The van der Waals surface area contributed by atoms with Crippen LogP contribution in [0.25, 0.3) is 0 Å². The molecule has 0 aromatic heterocycles. The van der Waals surface area contributed by atoms with Crippen molar-refractivity contribution in [3.8, 4) is 5.75 Å². The molecule has 0 N–H and O–H groups in total. The average molecular weight is 277 g/mol. The standard InChI is InChI=1S/C16H23NO3/c1-13(17-7-10-19-11-8-17)6-9-20-16-5-3-4-15(12-16)14(2)18/h3-5,12-13H,6-11H2,1-2H3. The molecule has 20 heavy (non-hydrogen) atoms. The van der Waals surface area contributed by atoms with Crippen LogP contribution in [0.2, 0.25) is 0 Å². The fourth-order valence-corrected chi connectivity index (χ4v) is 2.35. The van der Waals surface area contributed by atoms with Gasteiger partial charge in [0.1, 0.15) is 5.75 Å². The molecule has 0 amide bonds. The first-order valence-electron chi connectivity index (χ1n) is 7.22. The highest BCUT2D eigenvalue weighted by Crippen LogP contribution is 2.15. The maximum atomic E-state index is 11.3. The van der Waals surface area contributed by atoms with Crippen LogP contribution in [0.15, 0.2) is 24.3 Å². The topological polar surface area (TPSA) is 38.8 Å². The van der Waals surface area contributed by atoms with E-state index in [4.69, 9.17) is 9.47 Å². The van der Waals surface area contributed by atoms with Crippen molar-refractivity contribution >= 4 is 5.78 Å². The Morgan fingerprint density at radius 2 is 2.15 bits per heavy atom. The van der Waals surface area contributed by atoms with E-state index in [1.54, 1.807) is 6.92 Å². The summed E-state index contributed by atoms with van der Waals surface area (Å²) in [6.07, 6.45) is 0.976. The zero-order chi connectivity index (χ0) is 14.4. The highest BCUT2D eigenvalue weighted by molar-refractivity contribution is 5.94. The first kappa shape index (κ1) is 15.0. The van der Waals surface area contributed by atoms with Gasteiger partial charge < -0.3 is 9.47 Å². The van der Waals surface area contributed by atoms with Crippen molar-refractivity contribution in [2.75, 3.05) is 32.9 Å². The summed E-state index contributed by atoms with van der Waals surface area (Å²) < 4.78 is 11.1. The summed E-state index contributed by atoms with van der Waals surface area (Å²) in [4.78, 5) is 13.7. The van der Waals surface area contributed by atoms with Crippen molar-refractivity contribution in [3.05, 3.63) is 29.8 Å². The Morgan fingerprint density at radius 3 is 2.85 bits per heavy atom. The van der Waals surface area contributed by atoms with Crippen molar-refractivity contribution in [1.82, 2.24) is 4.90 Å². The Bertz CT molecular complexity index is 441. The quantitative estimate of drug-likeness (QED) is 0.748. The first-order chi connectivity index (χ1) is 9.66. The number of carbonyl (C=O) groups is 1. The van der Waals surface area contributed by atoms with E-state index >= 15 is 0 Å². The fourth-order valence-electron chi connectivity index (χ4n) is 2.35. The summed E-state index contributed by atoms with van der Waals surface area (Å²) in [5, 5.41) is 0. The number of morpholine rings is 1. The third-order valence-corrected chi connectivity index (χ3v) is 3.71. The Labute approximate surface area is 120 Å². The van der Waals surface area contributed by atoms with E-state index < -0.39 is 0 Å². The molecule has 4 heteroatoms. The van der Waals surface area contributed by atoms with Gasteiger partial charge >= 0.3 is 0 Å². The van der Waals surface area contributed by atoms with Crippen LogP contribution in [0.3, 0.4) is 0 Å². The van der Waals surface area contributed by atoms with Crippen LogP contribution < -0.4 is 4.74 Å². The number of ketones is 1.